The number of ether oxygens (including phenoxy) is 2. The Morgan fingerprint density at radius 1 is 1.04 bits per heavy atom. The van der Waals surface area contributed by atoms with Crippen LogP contribution in [0.2, 0.25) is 0 Å². The first-order valence-corrected chi connectivity index (χ1v) is 9.15. The first kappa shape index (κ1) is 20.6. The number of aliphatic imine (C=N–C) groups is 1. The van der Waals surface area contributed by atoms with E-state index in [0.29, 0.717) is 13.2 Å². The molecule has 0 unspecified atom stereocenters. The predicted octanol–water partition coefficient (Wildman–Crippen LogP) is 3.53. The van der Waals surface area contributed by atoms with Crippen molar-refractivity contribution in [3.05, 3.63) is 59.4 Å². The molecule has 0 bridgehead atoms. The zero-order valence-electron chi connectivity index (χ0n) is 16.2. The van der Waals surface area contributed by atoms with Crippen molar-refractivity contribution in [1.29, 1.82) is 0 Å². The van der Waals surface area contributed by atoms with Crippen LogP contribution in [-0.4, -0.2) is 33.3 Å². The highest BCUT2D eigenvalue weighted by molar-refractivity contribution is 5.79. The van der Waals surface area contributed by atoms with Crippen molar-refractivity contribution < 1.29 is 13.9 Å². The van der Waals surface area contributed by atoms with Crippen LogP contribution in [0.5, 0.6) is 11.5 Å². The summed E-state index contributed by atoms with van der Waals surface area (Å²) in [5, 5.41) is 6.52. The topological polar surface area (TPSA) is 54.9 Å². The van der Waals surface area contributed by atoms with E-state index in [9.17, 15) is 4.39 Å². The van der Waals surface area contributed by atoms with E-state index in [0.717, 1.165) is 42.4 Å². The van der Waals surface area contributed by atoms with E-state index in [4.69, 9.17) is 9.47 Å². The van der Waals surface area contributed by atoms with E-state index in [1.807, 2.05) is 19.1 Å². The maximum Gasteiger partial charge on any atom is 0.191 e. The molecule has 0 fully saturated rings. The summed E-state index contributed by atoms with van der Waals surface area (Å²) in [5.74, 6) is 2.03. The second-order valence-electron chi connectivity index (χ2n) is 6.00. The molecule has 0 radical (unpaired) electrons. The van der Waals surface area contributed by atoms with E-state index >= 15 is 0 Å². The number of rotatable bonds is 9. The smallest absolute Gasteiger partial charge is 0.191 e. The number of methoxy groups -OCH3 is 1. The van der Waals surface area contributed by atoms with Gasteiger partial charge in [-0.25, -0.2) is 4.39 Å². The molecule has 6 heteroatoms. The number of nitrogens with zero attached hydrogens (tertiary/aromatic N) is 1. The van der Waals surface area contributed by atoms with Gasteiger partial charge in [-0.3, -0.25) is 4.99 Å². The Morgan fingerprint density at radius 2 is 1.78 bits per heavy atom. The number of guanidine groups is 1. The summed E-state index contributed by atoms with van der Waals surface area (Å²) in [4.78, 5) is 4.21. The first-order valence-electron chi connectivity index (χ1n) is 9.15. The molecule has 2 aromatic rings. The molecule has 2 N–H and O–H groups in total. The molecule has 0 spiro atoms. The lowest BCUT2D eigenvalue weighted by atomic mass is 10.1. The largest absolute Gasteiger partial charge is 0.493 e. The quantitative estimate of drug-likeness (QED) is 0.401. The van der Waals surface area contributed by atoms with Crippen LogP contribution < -0.4 is 20.1 Å². The Kier molecular flexibility index (Phi) is 8.42. The molecule has 2 aromatic carbocycles. The van der Waals surface area contributed by atoms with E-state index in [-0.39, 0.29) is 5.82 Å². The van der Waals surface area contributed by atoms with Crippen molar-refractivity contribution in [2.45, 2.75) is 26.3 Å². The van der Waals surface area contributed by atoms with Gasteiger partial charge in [0.15, 0.2) is 17.5 Å². The molecule has 2 rings (SSSR count). The van der Waals surface area contributed by atoms with Crippen molar-refractivity contribution in [3.8, 4) is 11.5 Å². The number of aryl methyl sites for hydroxylation is 1. The second kappa shape index (κ2) is 11.1. The van der Waals surface area contributed by atoms with Gasteiger partial charge in [0.2, 0.25) is 0 Å². The van der Waals surface area contributed by atoms with E-state index in [2.05, 4.69) is 21.7 Å². The van der Waals surface area contributed by atoms with Crippen LogP contribution in [0.15, 0.2) is 47.5 Å². The molecule has 0 aliphatic heterocycles. The normalized spacial score (nSPS) is 11.2. The van der Waals surface area contributed by atoms with Crippen LogP contribution in [0.25, 0.3) is 0 Å². The maximum absolute atomic E-state index is 12.9. The minimum absolute atomic E-state index is 0.229. The average molecular weight is 373 g/mol. The third-order valence-electron chi connectivity index (χ3n) is 4.06. The van der Waals surface area contributed by atoms with Gasteiger partial charge in [-0.15, -0.1) is 0 Å². The number of benzene rings is 2. The molecule has 27 heavy (non-hydrogen) atoms. The van der Waals surface area contributed by atoms with Crippen LogP contribution >= 0.6 is 0 Å². The van der Waals surface area contributed by atoms with Crippen molar-refractivity contribution in [2.75, 3.05) is 27.3 Å². The molecule has 0 amide bonds. The fourth-order valence-corrected chi connectivity index (χ4v) is 2.65. The summed E-state index contributed by atoms with van der Waals surface area (Å²) in [6, 6.07) is 12.5. The molecule has 0 aliphatic rings. The summed E-state index contributed by atoms with van der Waals surface area (Å²) in [6.07, 6.45) is 1.88. The zero-order chi connectivity index (χ0) is 19.5. The highest BCUT2D eigenvalue weighted by Crippen LogP contribution is 2.28. The van der Waals surface area contributed by atoms with Crippen molar-refractivity contribution in [2.24, 2.45) is 4.99 Å². The van der Waals surface area contributed by atoms with E-state index < -0.39 is 0 Å². The van der Waals surface area contributed by atoms with Gasteiger partial charge in [-0.05, 0) is 55.2 Å². The summed E-state index contributed by atoms with van der Waals surface area (Å²) in [7, 11) is 3.38. The second-order valence-corrected chi connectivity index (χ2v) is 6.00. The van der Waals surface area contributed by atoms with Gasteiger partial charge in [-0.1, -0.05) is 18.2 Å². The lowest BCUT2D eigenvalue weighted by Crippen LogP contribution is -2.37. The van der Waals surface area contributed by atoms with Gasteiger partial charge in [-0.2, -0.15) is 0 Å². The predicted molar refractivity (Wildman–Crippen MR) is 107 cm³/mol. The lowest BCUT2D eigenvalue weighted by Gasteiger charge is -2.13. The molecule has 0 aromatic heterocycles. The third-order valence-corrected chi connectivity index (χ3v) is 4.06. The minimum Gasteiger partial charge on any atom is -0.493 e. The number of nitrogens with one attached hydrogen (secondary N) is 2. The van der Waals surface area contributed by atoms with Crippen LogP contribution in [0.1, 0.15) is 24.5 Å². The molecular weight excluding hydrogens is 345 g/mol. The van der Waals surface area contributed by atoms with E-state index in [1.54, 1.807) is 26.3 Å². The van der Waals surface area contributed by atoms with Crippen LogP contribution in [0.3, 0.4) is 0 Å². The molecular formula is C21H28FN3O2. The number of halogens is 1. The molecule has 0 saturated carbocycles. The molecule has 0 aliphatic carbocycles. The van der Waals surface area contributed by atoms with Crippen LogP contribution in [-0.2, 0) is 13.0 Å². The molecule has 5 nitrogen and oxygen atoms in total. The lowest BCUT2D eigenvalue weighted by molar-refractivity contribution is 0.310. The Bertz CT molecular complexity index is 733. The van der Waals surface area contributed by atoms with Gasteiger partial charge < -0.3 is 20.1 Å². The Labute approximate surface area is 160 Å². The Hall–Kier alpha value is -2.76. The molecule has 0 saturated heterocycles. The van der Waals surface area contributed by atoms with Crippen LogP contribution in [0, 0.1) is 5.82 Å². The fourth-order valence-electron chi connectivity index (χ4n) is 2.65. The third kappa shape index (κ3) is 6.81. The van der Waals surface area contributed by atoms with Gasteiger partial charge in [0.05, 0.1) is 13.7 Å². The van der Waals surface area contributed by atoms with Gasteiger partial charge in [0.25, 0.3) is 0 Å². The minimum atomic E-state index is -0.229. The van der Waals surface area contributed by atoms with Crippen molar-refractivity contribution >= 4 is 5.96 Å². The highest BCUT2D eigenvalue weighted by atomic mass is 19.1. The Morgan fingerprint density at radius 3 is 2.44 bits per heavy atom. The maximum atomic E-state index is 12.9. The molecule has 0 atom stereocenters. The average Bonchev–Trinajstić information content (AvgIpc) is 2.69. The Balaban J connectivity index is 1.76. The van der Waals surface area contributed by atoms with Crippen LogP contribution in [0.4, 0.5) is 4.39 Å². The van der Waals surface area contributed by atoms with Crippen molar-refractivity contribution in [1.82, 2.24) is 10.6 Å². The van der Waals surface area contributed by atoms with Crippen molar-refractivity contribution in [3.63, 3.8) is 0 Å². The fraction of sp³-hybridized carbons (Fsp3) is 0.381. The zero-order valence-corrected chi connectivity index (χ0v) is 16.2. The standard InChI is InChI=1S/C21H28FN3O2/c1-4-27-20-14-16(9-12-19(20)26-3)6-5-13-24-21(23-2)25-15-17-7-10-18(22)11-8-17/h7-12,14H,4-6,13,15H2,1-3H3,(H2,23,24,25). The van der Waals surface area contributed by atoms with Gasteiger partial charge in [0.1, 0.15) is 5.82 Å². The van der Waals surface area contributed by atoms with E-state index in [1.165, 1.54) is 17.7 Å². The summed E-state index contributed by atoms with van der Waals surface area (Å²) < 4.78 is 23.9. The number of hydrogen-bond acceptors (Lipinski definition) is 3. The highest BCUT2D eigenvalue weighted by Gasteiger charge is 2.05. The molecule has 0 heterocycles. The summed E-state index contributed by atoms with van der Waals surface area (Å²) in [5.41, 5.74) is 2.20. The monoisotopic (exact) mass is 373 g/mol. The summed E-state index contributed by atoms with van der Waals surface area (Å²) >= 11 is 0. The SMILES string of the molecule is CCOc1cc(CCCNC(=NC)NCc2ccc(F)cc2)ccc1OC. The number of hydrogen-bond donors (Lipinski definition) is 2. The summed E-state index contributed by atoms with van der Waals surface area (Å²) in [6.45, 7) is 3.95. The van der Waals surface area contributed by atoms with Gasteiger partial charge >= 0.3 is 0 Å². The first-order chi connectivity index (χ1) is 13.2. The van der Waals surface area contributed by atoms with Gasteiger partial charge in [0, 0.05) is 20.1 Å². The molecule has 146 valence electrons.